The lowest BCUT2D eigenvalue weighted by Gasteiger charge is -2.10. The van der Waals surface area contributed by atoms with Crippen molar-refractivity contribution in [1.82, 2.24) is 5.32 Å². The molecule has 0 heterocycles. The number of nitrogens with zero attached hydrogens (tertiary/aromatic N) is 1. The molecule has 0 aliphatic heterocycles. The minimum Gasteiger partial charge on any atom is -0.396 e. The number of nitrogens with one attached hydrogen (secondary N) is 1. The van der Waals surface area contributed by atoms with E-state index in [-0.39, 0.29) is 6.61 Å². The van der Waals surface area contributed by atoms with Crippen LogP contribution in [0.25, 0.3) is 4.48 Å². The molecular weight excluding hydrogens is 356 g/mol. The van der Waals surface area contributed by atoms with Crippen molar-refractivity contribution in [2.45, 2.75) is 39.2 Å². The molecule has 0 saturated heterocycles. The first-order chi connectivity index (χ1) is 11.0. The highest BCUT2D eigenvalue weighted by atomic mass is 79.9. The van der Waals surface area contributed by atoms with Gasteiger partial charge in [0, 0.05) is 28.4 Å². The van der Waals surface area contributed by atoms with Crippen LogP contribution >= 0.6 is 15.9 Å². The van der Waals surface area contributed by atoms with Gasteiger partial charge in [-0.3, -0.25) is 4.99 Å². The molecule has 0 saturated carbocycles. The van der Waals surface area contributed by atoms with Crippen LogP contribution in [0, 0.1) is 0 Å². The van der Waals surface area contributed by atoms with E-state index < -0.39 is 0 Å². The molecule has 1 unspecified atom stereocenters. The van der Waals surface area contributed by atoms with Gasteiger partial charge in [-0.15, -0.1) is 0 Å². The maximum absolute atomic E-state index is 9.05. The predicted molar refractivity (Wildman–Crippen MR) is 104 cm³/mol. The molecule has 23 heavy (non-hydrogen) atoms. The first kappa shape index (κ1) is 22.0. The third-order valence-corrected chi connectivity index (χ3v) is 3.87. The summed E-state index contributed by atoms with van der Waals surface area (Å²) in [5, 5.41) is 20.6. The largest absolute Gasteiger partial charge is 0.396 e. The average molecular weight is 385 g/mol. The van der Waals surface area contributed by atoms with Gasteiger partial charge in [0.2, 0.25) is 0 Å². The third kappa shape index (κ3) is 9.01. The van der Waals surface area contributed by atoms with Gasteiger partial charge in [-0.1, -0.05) is 54.6 Å². The van der Waals surface area contributed by atoms with Crippen LogP contribution in [0.15, 0.2) is 35.8 Å². The SMILES string of the molecule is C=C(Br)c1ccccc1N=C(CC)CO.CCC(CCO)NC. The second kappa shape index (κ2) is 13.4. The van der Waals surface area contributed by atoms with Crippen molar-refractivity contribution in [3.8, 4) is 0 Å². The summed E-state index contributed by atoms with van der Waals surface area (Å²) in [7, 11) is 1.92. The molecule has 5 heteroatoms. The lowest BCUT2D eigenvalue weighted by atomic mass is 10.2. The molecule has 3 N–H and O–H groups in total. The smallest absolute Gasteiger partial charge is 0.0813 e. The summed E-state index contributed by atoms with van der Waals surface area (Å²) in [6.07, 6.45) is 2.71. The number of aliphatic hydroxyl groups is 2. The van der Waals surface area contributed by atoms with E-state index in [9.17, 15) is 0 Å². The van der Waals surface area contributed by atoms with Crippen LogP contribution in [0.1, 0.15) is 38.7 Å². The third-order valence-electron chi connectivity index (χ3n) is 3.44. The number of hydrogen-bond donors (Lipinski definition) is 3. The van der Waals surface area contributed by atoms with Gasteiger partial charge >= 0.3 is 0 Å². The van der Waals surface area contributed by atoms with E-state index in [1.165, 1.54) is 0 Å². The molecule has 1 rings (SSSR count). The fraction of sp³-hybridized carbons (Fsp3) is 0.500. The maximum Gasteiger partial charge on any atom is 0.0813 e. The Kier molecular flexibility index (Phi) is 12.8. The number of aliphatic imine (C=N–C) groups is 1. The Bertz CT molecular complexity index is 480. The standard InChI is InChI=1S/C12H14BrNO.C6H15NO/c1-3-10(8-15)14-12-7-5-4-6-11(12)9(2)13;1-3-6(7-2)4-5-8/h4-7,15H,2-3,8H2,1H3;6-8H,3-5H2,1-2H3. The van der Waals surface area contributed by atoms with Gasteiger partial charge in [0.15, 0.2) is 0 Å². The normalized spacial score (nSPS) is 12.3. The molecule has 0 fully saturated rings. The number of benzene rings is 1. The Morgan fingerprint density at radius 3 is 2.35 bits per heavy atom. The van der Waals surface area contributed by atoms with Crippen LogP contribution in [-0.2, 0) is 0 Å². The van der Waals surface area contributed by atoms with E-state index in [1.54, 1.807) is 0 Å². The molecule has 0 aliphatic rings. The van der Waals surface area contributed by atoms with Crippen LogP contribution < -0.4 is 5.32 Å². The van der Waals surface area contributed by atoms with E-state index in [2.05, 4.69) is 39.7 Å². The summed E-state index contributed by atoms with van der Waals surface area (Å²) in [4.78, 5) is 4.39. The highest BCUT2D eigenvalue weighted by Crippen LogP contribution is 2.29. The van der Waals surface area contributed by atoms with Gasteiger partial charge in [-0.2, -0.15) is 0 Å². The second-order valence-electron chi connectivity index (χ2n) is 5.02. The lowest BCUT2D eigenvalue weighted by Crippen LogP contribution is -2.24. The fourth-order valence-electron chi connectivity index (χ4n) is 1.91. The summed E-state index contributed by atoms with van der Waals surface area (Å²) in [6, 6.07) is 8.21. The van der Waals surface area contributed by atoms with Crippen molar-refractivity contribution in [2.24, 2.45) is 4.99 Å². The monoisotopic (exact) mass is 384 g/mol. The quantitative estimate of drug-likeness (QED) is 0.595. The van der Waals surface area contributed by atoms with Crippen LogP contribution in [0.4, 0.5) is 5.69 Å². The highest BCUT2D eigenvalue weighted by molar-refractivity contribution is 9.15. The number of aliphatic hydroxyl groups excluding tert-OH is 2. The lowest BCUT2D eigenvalue weighted by molar-refractivity contribution is 0.266. The van der Waals surface area contributed by atoms with Crippen molar-refractivity contribution < 1.29 is 10.2 Å². The fourth-order valence-corrected chi connectivity index (χ4v) is 2.24. The molecule has 1 aromatic rings. The molecule has 4 nitrogen and oxygen atoms in total. The van der Waals surface area contributed by atoms with E-state index >= 15 is 0 Å². The van der Waals surface area contributed by atoms with Gasteiger partial charge in [0.1, 0.15) is 0 Å². The van der Waals surface area contributed by atoms with Crippen LogP contribution in [0.2, 0.25) is 0 Å². The molecule has 0 amide bonds. The molecular formula is C18H29BrN2O2. The zero-order valence-corrected chi connectivity index (χ0v) is 15.9. The summed E-state index contributed by atoms with van der Waals surface area (Å²) in [6.45, 7) is 8.20. The van der Waals surface area contributed by atoms with Crippen LogP contribution in [0.3, 0.4) is 0 Å². The van der Waals surface area contributed by atoms with Gasteiger partial charge < -0.3 is 15.5 Å². The van der Waals surface area contributed by atoms with Crippen molar-refractivity contribution in [3.63, 3.8) is 0 Å². The van der Waals surface area contributed by atoms with Gasteiger partial charge in [-0.05, 0) is 32.4 Å². The zero-order valence-electron chi connectivity index (χ0n) is 14.3. The molecule has 0 radical (unpaired) electrons. The average Bonchev–Trinajstić information content (AvgIpc) is 2.58. The van der Waals surface area contributed by atoms with E-state index in [1.807, 2.05) is 38.2 Å². The van der Waals surface area contributed by atoms with Crippen molar-refractivity contribution in [2.75, 3.05) is 20.3 Å². The molecule has 1 aromatic carbocycles. The van der Waals surface area contributed by atoms with Crippen molar-refractivity contribution in [1.29, 1.82) is 0 Å². The molecule has 130 valence electrons. The van der Waals surface area contributed by atoms with Gasteiger partial charge in [0.05, 0.1) is 12.3 Å². The minimum absolute atomic E-state index is 0.000401. The maximum atomic E-state index is 9.05. The molecule has 0 spiro atoms. The van der Waals surface area contributed by atoms with Crippen molar-refractivity contribution >= 4 is 31.8 Å². The van der Waals surface area contributed by atoms with Gasteiger partial charge in [0.25, 0.3) is 0 Å². The number of para-hydroxylation sites is 1. The number of halogens is 1. The van der Waals surface area contributed by atoms with Gasteiger partial charge in [-0.25, -0.2) is 0 Å². The Labute approximate surface area is 148 Å². The molecule has 0 aromatic heterocycles. The predicted octanol–water partition coefficient (Wildman–Crippen LogP) is 3.89. The van der Waals surface area contributed by atoms with E-state index in [0.717, 1.165) is 40.7 Å². The van der Waals surface area contributed by atoms with Crippen LogP contribution in [0.5, 0.6) is 0 Å². The molecule has 0 aliphatic carbocycles. The molecule has 1 atom stereocenters. The Hall–Kier alpha value is -1.01. The van der Waals surface area contributed by atoms with Crippen LogP contribution in [-0.4, -0.2) is 42.2 Å². The minimum atomic E-state index is -0.000401. The summed E-state index contributed by atoms with van der Waals surface area (Å²) in [5.74, 6) is 0. The highest BCUT2D eigenvalue weighted by Gasteiger charge is 2.03. The summed E-state index contributed by atoms with van der Waals surface area (Å²) >= 11 is 3.34. The van der Waals surface area contributed by atoms with Crippen molar-refractivity contribution in [3.05, 3.63) is 36.4 Å². The summed E-state index contributed by atoms with van der Waals surface area (Å²) < 4.78 is 0.801. The Balaban J connectivity index is 0.000000515. The zero-order chi connectivity index (χ0) is 17.7. The second-order valence-corrected chi connectivity index (χ2v) is 5.98. The number of hydrogen-bond acceptors (Lipinski definition) is 4. The first-order valence-electron chi connectivity index (χ1n) is 7.93. The first-order valence-corrected chi connectivity index (χ1v) is 8.72. The summed E-state index contributed by atoms with van der Waals surface area (Å²) in [5.41, 5.74) is 2.57. The molecule has 0 bridgehead atoms. The Morgan fingerprint density at radius 1 is 1.30 bits per heavy atom. The van der Waals surface area contributed by atoms with E-state index in [4.69, 9.17) is 10.2 Å². The Morgan fingerprint density at radius 2 is 1.96 bits per heavy atom. The number of rotatable bonds is 8. The van der Waals surface area contributed by atoms with E-state index in [0.29, 0.717) is 12.6 Å². The topological polar surface area (TPSA) is 64.9 Å².